The van der Waals surface area contributed by atoms with Crippen molar-refractivity contribution in [2.75, 3.05) is 53.6 Å². The average Bonchev–Trinajstić information content (AvgIpc) is 3.48. The Kier molecular flexibility index (Phi) is 7.34. The highest BCUT2D eigenvalue weighted by Gasteiger charge is 2.44. The molecule has 0 bridgehead atoms. The Hall–Kier alpha value is -3.56. The van der Waals surface area contributed by atoms with Gasteiger partial charge >= 0.3 is 0 Å². The lowest BCUT2D eigenvalue weighted by Crippen LogP contribution is -2.43. The highest BCUT2D eigenvalue weighted by molar-refractivity contribution is 6.14. The molecule has 1 N–H and O–H groups in total. The van der Waals surface area contributed by atoms with E-state index in [9.17, 15) is 14.7 Å². The van der Waals surface area contributed by atoms with E-state index in [1.54, 1.807) is 30.3 Å². The van der Waals surface area contributed by atoms with Crippen molar-refractivity contribution in [3.8, 4) is 11.5 Å². The van der Waals surface area contributed by atoms with Crippen LogP contribution in [0.3, 0.4) is 0 Å². The van der Waals surface area contributed by atoms with Gasteiger partial charge in [-0.3, -0.25) is 14.5 Å². The van der Waals surface area contributed by atoms with E-state index in [-0.39, 0.29) is 5.57 Å². The Labute approximate surface area is 197 Å². The number of ketones is 1. The van der Waals surface area contributed by atoms with Gasteiger partial charge in [0.05, 0.1) is 45.3 Å². The molecule has 2 aromatic rings. The van der Waals surface area contributed by atoms with E-state index in [0.717, 1.165) is 13.1 Å². The zero-order valence-corrected chi connectivity index (χ0v) is 19.2. The molecule has 2 aliphatic heterocycles. The number of ether oxygens (including phenoxy) is 3. The number of furan rings is 1. The van der Waals surface area contributed by atoms with Gasteiger partial charge in [-0.2, -0.15) is 0 Å². The maximum atomic E-state index is 13.3. The van der Waals surface area contributed by atoms with Crippen molar-refractivity contribution >= 4 is 17.8 Å². The molecule has 1 saturated heterocycles. The maximum absolute atomic E-state index is 13.3. The predicted molar refractivity (Wildman–Crippen MR) is 124 cm³/mol. The number of rotatable bonds is 9. The first kappa shape index (κ1) is 23.6. The molecule has 4 rings (SSSR count). The van der Waals surface area contributed by atoms with Gasteiger partial charge in [0, 0.05) is 31.7 Å². The highest BCUT2D eigenvalue weighted by Crippen LogP contribution is 2.44. The lowest BCUT2D eigenvalue weighted by molar-refractivity contribution is -0.129. The number of carbonyl (C=O) groups excluding carboxylic acids is 2. The van der Waals surface area contributed by atoms with Crippen molar-refractivity contribution in [3.63, 3.8) is 0 Å². The van der Waals surface area contributed by atoms with Crippen LogP contribution >= 0.6 is 0 Å². The van der Waals surface area contributed by atoms with E-state index in [1.165, 1.54) is 37.5 Å². The van der Waals surface area contributed by atoms with Crippen LogP contribution in [0.15, 0.2) is 58.4 Å². The molecular weight excluding hydrogens is 440 g/mol. The first-order valence-corrected chi connectivity index (χ1v) is 11.1. The van der Waals surface area contributed by atoms with Crippen molar-refractivity contribution in [1.29, 1.82) is 0 Å². The van der Waals surface area contributed by atoms with Gasteiger partial charge in [0.2, 0.25) is 0 Å². The topological polar surface area (TPSA) is 102 Å². The number of aliphatic hydroxyl groups excluding tert-OH is 1. The fourth-order valence-electron chi connectivity index (χ4n) is 4.29. The predicted octanol–water partition coefficient (Wildman–Crippen LogP) is 2.61. The second-order valence-corrected chi connectivity index (χ2v) is 7.91. The van der Waals surface area contributed by atoms with Crippen LogP contribution in [0.5, 0.6) is 11.5 Å². The molecule has 34 heavy (non-hydrogen) atoms. The van der Waals surface area contributed by atoms with Gasteiger partial charge in [-0.05, 0) is 30.4 Å². The van der Waals surface area contributed by atoms with Crippen molar-refractivity contribution in [2.24, 2.45) is 0 Å². The summed E-state index contributed by atoms with van der Waals surface area (Å²) in [5.41, 5.74) is 0.539. The van der Waals surface area contributed by atoms with Crippen LogP contribution in [0.1, 0.15) is 17.4 Å². The summed E-state index contributed by atoms with van der Waals surface area (Å²) in [4.78, 5) is 30.1. The number of nitrogens with zero attached hydrogens (tertiary/aromatic N) is 2. The number of amides is 1. The van der Waals surface area contributed by atoms with Crippen LogP contribution in [0.2, 0.25) is 0 Å². The lowest BCUT2D eigenvalue weighted by Gasteiger charge is -2.32. The highest BCUT2D eigenvalue weighted by atomic mass is 16.5. The van der Waals surface area contributed by atoms with Crippen molar-refractivity contribution in [2.45, 2.75) is 6.04 Å². The third-order valence-electron chi connectivity index (χ3n) is 6.00. The van der Waals surface area contributed by atoms with E-state index in [0.29, 0.717) is 49.1 Å². The number of para-hydroxylation sites is 1. The van der Waals surface area contributed by atoms with Crippen LogP contribution in [0.25, 0.3) is 6.08 Å². The molecule has 3 heterocycles. The van der Waals surface area contributed by atoms with E-state index in [4.69, 9.17) is 18.6 Å². The SMILES string of the molecule is COc1cccc([C@@H]2C(C(=O)/C=C/c3ccco3)=C(O)C(=O)N2CCN2CCOCC2)c1OC. The van der Waals surface area contributed by atoms with Crippen LogP contribution in [-0.4, -0.2) is 80.2 Å². The summed E-state index contributed by atoms with van der Waals surface area (Å²) >= 11 is 0. The smallest absolute Gasteiger partial charge is 0.290 e. The molecule has 0 unspecified atom stereocenters. The van der Waals surface area contributed by atoms with Crippen LogP contribution in [0, 0.1) is 0 Å². The van der Waals surface area contributed by atoms with Crippen LogP contribution in [-0.2, 0) is 14.3 Å². The van der Waals surface area contributed by atoms with Crippen molar-refractivity contribution in [3.05, 3.63) is 65.3 Å². The molecule has 1 amide bonds. The summed E-state index contributed by atoms with van der Waals surface area (Å²) < 4.78 is 21.7. The Balaban J connectivity index is 1.71. The minimum absolute atomic E-state index is 0.0127. The molecule has 0 saturated carbocycles. The van der Waals surface area contributed by atoms with Gasteiger partial charge in [-0.15, -0.1) is 0 Å². The minimum atomic E-state index is -0.840. The Morgan fingerprint density at radius 2 is 1.94 bits per heavy atom. The average molecular weight is 469 g/mol. The summed E-state index contributed by atoms with van der Waals surface area (Å²) in [5.74, 6) is -0.314. The van der Waals surface area contributed by atoms with Crippen molar-refractivity contribution < 1.29 is 33.3 Å². The minimum Gasteiger partial charge on any atom is -0.503 e. The molecule has 180 valence electrons. The molecule has 1 fully saturated rings. The van der Waals surface area contributed by atoms with Crippen molar-refractivity contribution in [1.82, 2.24) is 9.80 Å². The summed E-state index contributed by atoms with van der Waals surface area (Å²) in [5, 5.41) is 10.8. The number of carbonyl (C=O) groups is 2. The summed E-state index contributed by atoms with van der Waals surface area (Å²) in [6.07, 6.45) is 4.30. The molecule has 1 aromatic carbocycles. The fraction of sp³-hybridized carbons (Fsp3) is 0.360. The van der Waals surface area contributed by atoms with Gasteiger partial charge in [0.15, 0.2) is 23.0 Å². The normalized spacial score (nSPS) is 19.3. The Morgan fingerprint density at radius 1 is 1.15 bits per heavy atom. The lowest BCUT2D eigenvalue weighted by atomic mass is 9.94. The number of methoxy groups -OCH3 is 2. The van der Waals surface area contributed by atoms with E-state index >= 15 is 0 Å². The second-order valence-electron chi connectivity index (χ2n) is 7.91. The zero-order valence-electron chi connectivity index (χ0n) is 19.2. The van der Waals surface area contributed by atoms with Gasteiger partial charge in [0.25, 0.3) is 5.91 Å². The van der Waals surface area contributed by atoms with E-state index < -0.39 is 23.5 Å². The van der Waals surface area contributed by atoms with E-state index in [2.05, 4.69) is 4.90 Å². The molecule has 0 radical (unpaired) electrons. The number of hydrogen-bond donors (Lipinski definition) is 1. The molecule has 1 aromatic heterocycles. The molecule has 9 nitrogen and oxygen atoms in total. The fourth-order valence-corrected chi connectivity index (χ4v) is 4.29. The van der Waals surface area contributed by atoms with Crippen LogP contribution in [0.4, 0.5) is 0 Å². The first-order valence-electron chi connectivity index (χ1n) is 11.1. The second kappa shape index (κ2) is 10.6. The number of hydrogen-bond acceptors (Lipinski definition) is 8. The van der Waals surface area contributed by atoms with Gasteiger partial charge in [0.1, 0.15) is 5.76 Å². The summed E-state index contributed by atoms with van der Waals surface area (Å²) in [7, 11) is 3.02. The monoisotopic (exact) mass is 468 g/mol. The summed E-state index contributed by atoms with van der Waals surface area (Å²) in [6.45, 7) is 3.66. The molecule has 1 atom stereocenters. The quantitative estimate of drug-likeness (QED) is 0.561. The number of allylic oxidation sites excluding steroid dienone is 1. The Morgan fingerprint density at radius 3 is 2.62 bits per heavy atom. The maximum Gasteiger partial charge on any atom is 0.290 e. The Bertz CT molecular complexity index is 1080. The zero-order chi connectivity index (χ0) is 24.1. The summed E-state index contributed by atoms with van der Waals surface area (Å²) in [6, 6.07) is 7.83. The third kappa shape index (κ3) is 4.71. The van der Waals surface area contributed by atoms with Gasteiger partial charge < -0.3 is 28.6 Å². The standard InChI is InChI=1S/C25H28N2O7/c1-31-20-7-3-6-18(24(20)32-2)22-21(19(28)9-8-17-5-4-14-34-17)23(29)25(30)27(22)11-10-26-12-15-33-16-13-26/h3-9,14,22,29H,10-13,15-16H2,1-2H3/b9-8+/t22-/m1/s1. The third-order valence-corrected chi connectivity index (χ3v) is 6.00. The first-order chi connectivity index (χ1) is 16.5. The largest absolute Gasteiger partial charge is 0.503 e. The molecule has 2 aliphatic rings. The van der Waals surface area contributed by atoms with Gasteiger partial charge in [-0.1, -0.05) is 12.1 Å². The molecule has 0 spiro atoms. The van der Waals surface area contributed by atoms with Gasteiger partial charge in [-0.25, -0.2) is 0 Å². The molecule has 9 heteroatoms. The van der Waals surface area contributed by atoms with Crippen LogP contribution < -0.4 is 9.47 Å². The number of morpholine rings is 1. The molecule has 0 aliphatic carbocycles. The van der Waals surface area contributed by atoms with E-state index in [1.807, 2.05) is 0 Å². The number of benzene rings is 1. The molecular formula is C25H28N2O7. The number of aliphatic hydroxyl groups is 1.